The van der Waals surface area contributed by atoms with Crippen molar-refractivity contribution >= 4 is 28.7 Å². The zero-order chi connectivity index (χ0) is 14.9. The van der Waals surface area contributed by atoms with Crippen LogP contribution < -0.4 is 11.1 Å². The SMILES string of the molecule is Cc1cc(C(N)=S)cc(Nc2ccc(F)c(F)c2F)n1. The fourth-order valence-corrected chi connectivity index (χ4v) is 1.75. The summed E-state index contributed by atoms with van der Waals surface area (Å²) in [5, 5.41) is 2.57. The molecule has 3 N–H and O–H groups in total. The molecular formula is C13H10F3N3S. The number of hydrogen-bond acceptors (Lipinski definition) is 3. The van der Waals surface area contributed by atoms with Crippen LogP contribution in [0.4, 0.5) is 24.7 Å². The fraction of sp³-hybridized carbons (Fsp3) is 0.0769. The third kappa shape index (κ3) is 2.88. The van der Waals surface area contributed by atoms with Crippen molar-refractivity contribution in [2.24, 2.45) is 5.73 Å². The van der Waals surface area contributed by atoms with Crippen LogP contribution in [-0.4, -0.2) is 9.97 Å². The summed E-state index contributed by atoms with van der Waals surface area (Å²) in [4.78, 5) is 4.25. The molecule has 1 aromatic carbocycles. The van der Waals surface area contributed by atoms with Gasteiger partial charge in [0.2, 0.25) is 0 Å². The van der Waals surface area contributed by atoms with Gasteiger partial charge in [-0.15, -0.1) is 0 Å². The Morgan fingerprint density at radius 2 is 1.90 bits per heavy atom. The zero-order valence-corrected chi connectivity index (χ0v) is 11.2. The molecule has 0 aliphatic heterocycles. The largest absolute Gasteiger partial charge is 0.389 e. The lowest BCUT2D eigenvalue weighted by Gasteiger charge is -2.10. The van der Waals surface area contributed by atoms with Gasteiger partial charge >= 0.3 is 0 Å². The summed E-state index contributed by atoms with van der Waals surface area (Å²) < 4.78 is 39.5. The average molecular weight is 297 g/mol. The Morgan fingerprint density at radius 1 is 1.20 bits per heavy atom. The van der Waals surface area contributed by atoms with Crippen LogP contribution in [-0.2, 0) is 0 Å². The second kappa shape index (κ2) is 5.46. The van der Waals surface area contributed by atoms with Gasteiger partial charge < -0.3 is 11.1 Å². The number of aryl methyl sites for hydroxylation is 1. The van der Waals surface area contributed by atoms with Gasteiger partial charge in [-0.1, -0.05) is 12.2 Å². The molecule has 1 heterocycles. The van der Waals surface area contributed by atoms with Crippen molar-refractivity contribution in [3.05, 3.63) is 53.0 Å². The van der Waals surface area contributed by atoms with E-state index in [1.165, 1.54) is 6.07 Å². The van der Waals surface area contributed by atoms with Crippen molar-refractivity contribution in [3.8, 4) is 0 Å². The van der Waals surface area contributed by atoms with Crippen LogP contribution in [0.3, 0.4) is 0 Å². The van der Waals surface area contributed by atoms with Gasteiger partial charge in [0.05, 0.1) is 5.69 Å². The van der Waals surface area contributed by atoms with Crippen LogP contribution in [0.1, 0.15) is 11.3 Å². The lowest BCUT2D eigenvalue weighted by Crippen LogP contribution is -2.11. The van der Waals surface area contributed by atoms with Gasteiger partial charge in [-0.2, -0.15) is 0 Å². The van der Waals surface area contributed by atoms with E-state index in [2.05, 4.69) is 10.3 Å². The quantitative estimate of drug-likeness (QED) is 0.675. The number of nitrogens with two attached hydrogens (primary N) is 1. The molecular weight excluding hydrogens is 287 g/mol. The summed E-state index contributed by atoms with van der Waals surface area (Å²) in [6.45, 7) is 1.70. The van der Waals surface area contributed by atoms with Crippen LogP contribution >= 0.6 is 12.2 Å². The number of nitrogens with one attached hydrogen (secondary N) is 1. The first-order chi connectivity index (χ1) is 9.38. The molecule has 20 heavy (non-hydrogen) atoms. The normalized spacial score (nSPS) is 10.4. The molecule has 0 spiro atoms. The molecule has 7 heteroatoms. The molecule has 3 nitrogen and oxygen atoms in total. The summed E-state index contributed by atoms with van der Waals surface area (Å²) in [6.07, 6.45) is 0. The first kappa shape index (κ1) is 14.3. The average Bonchev–Trinajstić information content (AvgIpc) is 2.39. The molecule has 2 rings (SSSR count). The van der Waals surface area contributed by atoms with Gasteiger partial charge in [-0.25, -0.2) is 18.2 Å². The minimum absolute atomic E-state index is 0.157. The topological polar surface area (TPSA) is 50.9 Å². The molecule has 0 atom stereocenters. The van der Waals surface area contributed by atoms with Gasteiger partial charge in [-0.3, -0.25) is 0 Å². The number of benzene rings is 1. The third-order valence-electron chi connectivity index (χ3n) is 2.54. The molecule has 104 valence electrons. The van der Waals surface area contributed by atoms with E-state index in [4.69, 9.17) is 18.0 Å². The van der Waals surface area contributed by atoms with Crippen LogP contribution in [0.15, 0.2) is 24.3 Å². The highest BCUT2D eigenvalue weighted by molar-refractivity contribution is 7.80. The second-order valence-corrected chi connectivity index (χ2v) is 4.53. The Balaban J connectivity index is 2.40. The van der Waals surface area contributed by atoms with Gasteiger partial charge in [-0.05, 0) is 31.2 Å². The minimum Gasteiger partial charge on any atom is -0.389 e. The van der Waals surface area contributed by atoms with E-state index in [0.717, 1.165) is 12.1 Å². The van der Waals surface area contributed by atoms with Crippen molar-refractivity contribution in [1.29, 1.82) is 0 Å². The van der Waals surface area contributed by atoms with E-state index in [1.54, 1.807) is 13.0 Å². The highest BCUT2D eigenvalue weighted by Gasteiger charge is 2.14. The number of thiocarbonyl (C=S) groups is 1. The number of pyridine rings is 1. The van der Waals surface area contributed by atoms with E-state index >= 15 is 0 Å². The Morgan fingerprint density at radius 3 is 2.55 bits per heavy atom. The van der Waals surface area contributed by atoms with Gasteiger partial charge in [0.1, 0.15) is 10.8 Å². The number of anilines is 2. The van der Waals surface area contributed by atoms with E-state index in [0.29, 0.717) is 11.3 Å². The van der Waals surface area contributed by atoms with Crippen molar-refractivity contribution in [2.45, 2.75) is 6.92 Å². The number of hydrogen-bond donors (Lipinski definition) is 2. The molecule has 2 aromatic rings. The Hall–Kier alpha value is -2.15. The summed E-state index contributed by atoms with van der Waals surface area (Å²) in [7, 11) is 0. The van der Waals surface area contributed by atoms with Crippen LogP contribution in [0.25, 0.3) is 0 Å². The Bertz CT molecular complexity index is 689. The molecule has 0 fully saturated rings. The van der Waals surface area contributed by atoms with Crippen molar-refractivity contribution in [1.82, 2.24) is 4.98 Å². The monoisotopic (exact) mass is 297 g/mol. The fourth-order valence-electron chi connectivity index (χ4n) is 1.64. The third-order valence-corrected chi connectivity index (χ3v) is 2.77. The smallest absolute Gasteiger partial charge is 0.196 e. The molecule has 0 amide bonds. The highest BCUT2D eigenvalue weighted by Crippen LogP contribution is 2.23. The summed E-state index contributed by atoms with van der Waals surface area (Å²) in [5.41, 5.74) is 6.42. The van der Waals surface area contributed by atoms with Crippen molar-refractivity contribution < 1.29 is 13.2 Å². The van der Waals surface area contributed by atoms with E-state index in [-0.39, 0.29) is 16.5 Å². The molecule has 0 aliphatic carbocycles. The van der Waals surface area contributed by atoms with Gasteiger partial charge in [0.15, 0.2) is 17.5 Å². The molecule has 0 saturated carbocycles. The molecule has 1 aromatic heterocycles. The number of rotatable bonds is 3. The highest BCUT2D eigenvalue weighted by atomic mass is 32.1. The summed E-state index contributed by atoms with van der Waals surface area (Å²) >= 11 is 4.85. The van der Waals surface area contributed by atoms with E-state index in [9.17, 15) is 13.2 Å². The lowest BCUT2D eigenvalue weighted by molar-refractivity contribution is 0.449. The molecule has 0 bridgehead atoms. The van der Waals surface area contributed by atoms with Gasteiger partial charge in [0.25, 0.3) is 0 Å². The number of aromatic nitrogens is 1. The Labute approximate surface area is 118 Å². The summed E-state index contributed by atoms with van der Waals surface area (Å²) in [6, 6.07) is 5.06. The maximum atomic E-state index is 13.6. The summed E-state index contributed by atoms with van der Waals surface area (Å²) in [5.74, 6) is -3.88. The Kier molecular flexibility index (Phi) is 3.89. The van der Waals surface area contributed by atoms with E-state index in [1.807, 2.05) is 0 Å². The predicted octanol–water partition coefficient (Wildman–Crippen LogP) is 3.19. The van der Waals surface area contributed by atoms with Crippen molar-refractivity contribution in [2.75, 3.05) is 5.32 Å². The predicted molar refractivity (Wildman–Crippen MR) is 74.5 cm³/mol. The second-order valence-electron chi connectivity index (χ2n) is 4.09. The molecule has 0 saturated heterocycles. The maximum Gasteiger partial charge on any atom is 0.196 e. The maximum absolute atomic E-state index is 13.6. The van der Waals surface area contributed by atoms with Crippen LogP contribution in [0.2, 0.25) is 0 Å². The standard InChI is InChI=1S/C13H10F3N3S/c1-6-4-7(13(17)20)5-10(18-6)19-9-3-2-8(14)11(15)12(9)16/h2-5H,1H3,(H2,17,20)(H,18,19). The van der Waals surface area contributed by atoms with Crippen LogP contribution in [0.5, 0.6) is 0 Å². The van der Waals surface area contributed by atoms with E-state index < -0.39 is 17.5 Å². The first-order valence-corrected chi connectivity index (χ1v) is 5.98. The van der Waals surface area contributed by atoms with Gasteiger partial charge in [0, 0.05) is 11.3 Å². The zero-order valence-electron chi connectivity index (χ0n) is 10.4. The van der Waals surface area contributed by atoms with Crippen LogP contribution in [0, 0.1) is 24.4 Å². The number of halogens is 3. The van der Waals surface area contributed by atoms with Crippen molar-refractivity contribution in [3.63, 3.8) is 0 Å². The molecule has 0 aliphatic rings. The molecule has 0 unspecified atom stereocenters. The number of nitrogens with zero attached hydrogens (tertiary/aromatic N) is 1. The lowest BCUT2D eigenvalue weighted by atomic mass is 10.2. The molecule has 0 radical (unpaired) electrons. The minimum atomic E-state index is -1.54. The first-order valence-electron chi connectivity index (χ1n) is 5.57.